The molecule has 0 radical (unpaired) electrons. The number of esters is 1. The predicted molar refractivity (Wildman–Crippen MR) is 162 cm³/mol. The molecule has 0 aliphatic heterocycles. The number of aryl methyl sites for hydroxylation is 2. The van der Waals surface area contributed by atoms with Gasteiger partial charge in [0.2, 0.25) is 5.91 Å². The minimum absolute atomic E-state index is 0.0167. The van der Waals surface area contributed by atoms with Gasteiger partial charge in [-0.15, -0.1) is 0 Å². The van der Waals surface area contributed by atoms with Crippen LogP contribution < -0.4 is 15.4 Å². The van der Waals surface area contributed by atoms with Crippen molar-refractivity contribution >= 4 is 34.3 Å². The van der Waals surface area contributed by atoms with Crippen LogP contribution in [0.4, 0.5) is 23.2 Å². The first kappa shape index (κ1) is 33.1. The second kappa shape index (κ2) is 12.9. The van der Waals surface area contributed by atoms with Crippen molar-refractivity contribution in [3.8, 4) is 16.9 Å². The number of halogens is 4. The van der Waals surface area contributed by atoms with Crippen LogP contribution in [0.15, 0.2) is 53.4 Å². The van der Waals surface area contributed by atoms with E-state index in [0.29, 0.717) is 28.7 Å². The summed E-state index contributed by atoms with van der Waals surface area (Å²) < 4.78 is 76.4. The summed E-state index contributed by atoms with van der Waals surface area (Å²) >= 11 is 0. The van der Waals surface area contributed by atoms with Crippen LogP contribution in [0.2, 0.25) is 0 Å². The molecule has 2 saturated carbocycles. The molecule has 2 bridgehead atoms. The average molecular weight is 661 g/mol. The minimum atomic E-state index is -4.95. The van der Waals surface area contributed by atoms with Gasteiger partial charge in [0.25, 0.3) is 5.91 Å². The Bertz CT molecular complexity index is 1720. The molecule has 0 spiro atoms. The third-order valence-electron chi connectivity index (χ3n) is 8.81. The van der Waals surface area contributed by atoms with Crippen LogP contribution in [0.5, 0.6) is 5.75 Å². The van der Waals surface area contributed by atoms with Crippen LogP contribution in [0, 0.1) is 37.4 Å². The SMILES string of the molecule is COC(=O)c1c(C)cc(-c2cc(C(=O)N[C@@H]3[C@H]4CC[C@H](C4)[C@@H]3C(=O)Nc3cccc(S(=O)C(F)(F)F)c3)c(OC)cc2F)cc1C. The van der Waals surface area contributed by atoms with Gasteiger partial charge in [0.15, 0.2) is 10.8 Å². The molecule has 2 amide bonds. The van der Waals surface area contributed by atoms with Gasteiger partial charge in [-0.25, -0.2) is 13.4 Å². The lowest BCUT2D eigenvalue weighted by molar-refractivity contribution is -0.122. The molecular weight excluding hydrogens is 628 g/mol. The number of anilines is 1. The zero-order valence-electron chi connectivity index (χ0n) is 25.4. The van der Waals surface area contributed by atoms with Crippen molar-refractivity contribution in [2.24, 2.45) is 17.8 Å². The smallest absolute Gasteiger partial charge is 0.475 e. The third kappa shape index (κ3) is 6.37. The molecule has 3 aromatic rings. The maximum atomic E-state index is 15.4. The van der Waals surface area contributed by atoms with Gasteiger partial charge in [0.1, 0.15) is 11.6 Å². The Morgan fingerprint density at radius 3 is 2.26 bits per heavy atom. The Morgan fingerprint density at radius 1 is 0.957 bits per heavy atom. The monoisotopic (exact) mass is 660 g/mol. The number of amides is 2. The van der Waals surface area contributed by atoms with Crippen LogP contribution >= 0.6 is 0 Å². The first-order valence-corrected chi connectivity index (χ1v) is 15.7. The molecule has 244 valence electrons. The fourth-order valence-electron chi connectivity index (χ4n) is 6.82. The van der Waals surface area contributed by atoms with Gasteiger partial charge < -0.3 is 20.1 Å². The first-order chi connectivity index (χ1) is 21.7. The summed E-state index contributed by atoms with van der Waals surface area (Å²) in [5.74, 6) is -3.01. The molecule has 2 N–H and O–H groups in total. The van der Waals surface area contributed by atoms with E-state index in [-0.39, 0.29) is 34.4 Å². The van der Waals surface area contributed by atoms with Crippen LogP contribution in [-0.4, -0.2) is 47.8 Å². The molecule has 0 heterocycles. The molecule has 3 aromatic carbocycles. The molecule has 1 unspecified atom stereocenters. The number of nitrogens with one attached hydrogen (secondary N) is 2. The van der Waals surface area contributed by atoms with E-state index >= 15 is 4.39 Å². The molecule has 46 heavy (non-hydrogen) atoms. The standard InChI is InChI=1S/C33H32F4N2O6S/c1-16-10-20(11-17(2)27(16)32(42)45-4)23-14-24(26(44-3)15-25(23)34)30(40)39-29-19-9-8-18(12-19)28(29)31(41)38-21-6-5-7-22(13-21)46(43)33(35,36)37/h5-7,10-11,13-15,18-19,28-29H,8-9,12H2,1-4H3,(H,38,41)(H,39,40)/t18-,19+,28+,29-,46?/m1/s1. The Balaban J connectivity index is 1.41. The van der Waals surface area contributed by atoms with Crippen LogP contribution in [-0.2, 0) is 20.3 Å². The highest BCUT2D eigenvalue weighted by atomic mass is 32.2. The molecule has 2 aliphatic carbocycles. The normalized spacial score (nSPS) is 21.0. The Kier molecular flexibility index (Phi) is 9.26. The lowest BCUT2D eigenvalue weighted by Crippen LogP contribution is -2.48. The van der Waals surface area contributed by atoms with Crippen molar-refractivity contribution < 1.29 is 45.6 Å². The lowest BCUT2D eigenvalue weighted by atomic mass is 9.83. The highest BCUT2D eigenvalue weighted by Crippen LogP contribution is 2.49. The second-order valence-electron chi connectivity index (χ2n) is 11.6. The van der Waals surface area contributed by atoms with E-state index in [2.05, 4.69) is 10.6 Å². The second-order valence-corrected chi connectivity index (χ2v) is 13.1. The zero-order valence-corrected chi connectivity index (χ0v) is 26.2. The maximum absolute atomic E-state index is 15.4. The van der Waals surface area contributed by atoms with Crippen LogP contribution in [0.25, 0.3) is 11.1 Å². The van der Waals surface area contributed by atoms with E-state index < -0.39 is 56.8 Å². The molecule has 2 fully saturated rings. The first-order valence-electron chi connectivity index (χ1n) is 14.5. The fraction of sp³-hybridized carbons (Fsp3) is 0.364. The van der Waals surface area contributed by atoms with Gasteiger partial charge in [0.05, 0.1) is 31.3 Å². The van der Waals surface area contributed by atoms with E-state index in [1.165, 1.54) is 32.4 Å². The largest absolute Gasteiger partial charge is 0.496 e. The summed E-state index contributed by atoms with van der Waals surface area (Å²) in [6, 6.07) is 9.90. The number of carbonyl (C=O) groups is 3. The summed E-state index contributed by atoms with van der Waals surface area (Å²) in [4.78, 5) is 39.0. The fourth-order valence-corrected chi connectivity index (χ4v) is 7.52. The number of benzene rings is 3. The lowest BCUT2D eigenvalue weighted by Gasteiger charge is -2.31. The highest BCUT2D eigenvalue weighted by Gasteiger charge is 2.51. The number of carbonyl (C=O) groups excluding carboxylic acids is 3. The minimum Gasteiger partial charge on any atom is -0.496 e. The quantitative estimate of drug-likeness (QED) is 0.216. The van der Waals surface area contributed by atoms with Crippen molar-refractivity contribution in [3.05, 3.63) is 76.6 Å². The summed E-state index contributed by atoms with van der Waals surface area (Å²) in [6.07, 6.45) is 2.20. The average Bonchev–Trinajstić information content (AvgIpc) is 3.61. The van der Waals surface area contributed by atoms with E-state index in [1.807, 2.05) is 0 Å². The molecule has 2 aliphatic rings. The van der Waals surface area contributed by atoms with Crippen molar-refractivity contribution in [2.75, 3.05) is 19.5 Å². The number of ether oxygens (including phenoxy) is 2. The number of rotatable bonds is 8. The molecule has 13 heteroatoms. The maximum Gasteiger partial charge on any atom is 0.475 e. The van der Waals surface area contributed by atoms with E-state index in [4.69, 9.17) is 9.47 Å². The van der Waals surface area contributed by atoms with Crippen LogP contribution in [0.3, 0.4) is 0 Å². The van der Waals surface area contributed by atoms with Crippen molar-refractivity contribution in [2.45, 2.75) is 49.6 Å². The molecule has 5 atom stereocenters. The third-order valence-corrected chi connectivity index (χ3v) is 9.91. The molecular formula is C33H32F4N2O6S. The number of methoxy groups -OCH3 is 2. The Morgan fingerprint density at radius 2 is 1.63 bits per heavy atom. The van der Waals surface area contributed by atoms with Gasteiger partial charge in [-0.05, 0) is 85.9 Å². The summed E-state index contributed by atoms with van der Waals surface area (Å²) in [5, 5.41) is 5.61. The molecule has 5 rings (SSSR count). The van der Waals surface area contributed by atoms with Crippen LogP contribution in [0.1, 0.15) is 51.1 Å². The van der Waals surface area contributed by atoms with Gasteiger partial charge in [0, 0.05) is 28.3 Å². The van der Waals surface area contributed by atoms with Gasteiger partial charge >= 0.3 is 11.5 Å². The molecule has 0 aromatic heterocycles. The predicted octanol–water partition coefficient (Wildman–Crippen LogP) is 6.32. The number of alkyl halides is 3. The Hall–Kier alpha value is -4.26. The van der Waals surface area contributed by atoms with E-state index in [9.17, 15) is 31.8 Å². The Labute approximate surface area is 265 Å². The molecule has 0 saturated heterocycles. The summed E-state index contributed by atoms with van der Waals surface area (Å²) in [6.45, 7) is 3.40. The summed E-state index contributed by atoms with van der Waals surface area (Å²) in [5.41, 5.74) is -2.83. The van der Waals surface area contributed by atoms with Crippen molar-refractivity contribution in [1.29, 1.82) is 0 Å². The zero-order chi connectivity index (χ0) is 33.5. The summed E-state index contributed by atoms with van der Waals surface area (Å²) in [7, 11) is -0.686. The number of hydrogen-bond acceptors (Lipinski definition) is 6. The van der Waals surface area contributed by atoms with E-state index in [0.717, 1.165) is 31.0 Å². The topological polar surface area (TPSA) is 111 Å². The van der Waals surface area contributed by atoms with Gasteiger partial charge in [-0.2, -0.15) is 13.2 Å². The van der Waals surface area contributed by atoms with Gasteiger partial charge in [-0.1, -0.05) is 18.2 Å². The number of hydrogen-bond donors (Lipinski definition) is 2. The van der Waals surface area contributed by atoms with Gasteiger partial charge in [-0.3, -0.25) is 9.59 Å². The van der Waals surface area contributed by atoms with Crippen molar-refractivity contribution in [1.82, 2.24) is 5.32 Å². The van der Waals surface area contributed by atoms with E-state index in [1.54, 1.807) is 26.0 Å². The number of fused-ring (bicyclic) bond motifs is 2. The highest BCUT2D eigenvalue weighted by molar-refractivity contribution is 7.86. The molecule has 8 nitrogen and oxygen atoms in total. The van der Waals surface area contributed by atoms with Crippen molar-refractivity contribution in [3.63, 3.8) is 0 Å².